The van der Waals surface area contributed by atoms with Crippen LogP contribution in [0.3, 0.4) is 0 Å². The first-order valence-corrected chi connectivity index (χ1v) is 5.31. The monoisotopic (exact) mass is 225 g/mol. The molecule has 0 aliphatic carbocycles. The predicted octanol–water partition coefficient (Wildman–Crippen LogP) is 1.40. The summed E-state index contributed by atoms with van der Waals surface area (Å²) in [5.74, 6) is 0.600. The summed E-state index contributed by atoms with van der Waals surface area (Å²) in [6.45, 7) is 7.67. The van der Waals surface area contributed by atoms with Gasteiger partial charge < -0.3 is 15.0 Å². The molecule has 5 heteroatoms. The number of hydrogen-bond acceptors (Lipinski definition) is 3. The number of rotatable bonds is 4. The van der Waals surface area contributed by atoms with Gasteiger partial charge in [0.2, 0.25) is 5.91 Å². The van der Waals surface area contributed by atoms with Gasteiger partial charge in [0.05, 0.1) is 11.6 Å². The van der Waals surface area contributed by atoms with Crippen LogP contribution in [0.5, 0.6) is 0 Å². The van der Waals surface area contributed by atoms with Crippen molar-refractivity contribution in [3.63, 3.8) is 0 Å². The average molecular weight is 225 g/mol. The number of carbonyl (C=O) groups is 1. The lowest BCUT2D eigenvalue weighted by Gasteiger charge is -2.20. The quantitative estimate of drug-likeness (QED) is 0.814. The third-order valence-electron chi connectivity index (χ3n) is 1.94. The van der Waals surface area contributed by atoms with E-state index >= 15 is 0 Å². The molecule has 1 atom stereocenters. The Labute approximate surface area is 95.6 Å². The van der Waals surface area contributed by atoms with Crippen LogP contribution >= 0.6 is 0 Å². The van der Waals surface area contributed by atoms with Gasteiger partial charge in [-0.1, -0.05) is 0 Å². The first-order valence-electron chi connectivity index (χ1n) is 5.31. The number of ether oxygens (including phenoxy) is 1. The zero-order chi connectivity index (χ0) is 12.2. The lowest BCUT2D eigenvalue weighted by atomic mass is 10.2. The second-order valence-corrected chi connectivity index (χ2v) is 4.66. The van der Waals surface area contributed by atoms with Gasteiger partial charge in [0.1, 0.15) is 12.4 Å². The molecule has 1 amide bonds. The number of hydrogen-bond donors (Lipinski definition) is 2. The number of H-pyrrole nitrogens is 1. The van der Waals surface area contributed by atoms with Gasteiger partial charge in [0.15, 0.2) is 0 Å². The predicted molar refractivity (Wildman–Crippen MR) is 60.9 cm³/mol. The van der Waals surface area contributed by atoms with Gasteiger partial charge in [0.25, 0.3) is 0 Å². The Hall–Kier alpha value is -1.36. The summed E-state index contributed by atoms with van der Waals surface area (Å²) in [5.41, 5.74) is -0.300. The van der Waals surface area contributed by atoms with Crippen LogP contribution in [-0.4, -0.2) is 28.1 Å². The molecule has 90 valence electrons. The molecule has 1 aromatic rings. The van der Waals surface area contributed by atoms with Gasteiger partial charge in [0, 0.05) is 12.4 Å². The SMILES string of the molecule is CC(NC(=O)COC(C)(C)C)c1ncc[nH]1. The zero-order valence-corrected chi connectivity index (χ0v) is 10.2. The van der Waals surface area contributed by atoms with E-state index in [9.17, 15) is 4.79 Å². The molecule has 1 rings (SSSR count). The molecular formula is C11H19N3O2. The number of carbonyl (C=O) groups excluding carboxylic acids is 1. The minimum Gasteiger partial charge on any atom is -0.366 e. The summed E-state index contributed by atoms with van der Waals surface area (Å²) in [5, 5.41) is 2.80. The Kier molecular flexibility index (Phi) is 4.06. The Morgan fingerprint density at radius 3 is 2.81 bits per heavy atom. The molecule has 0 spiro atoms. The lowest BCUT2D eigenvalue weighted by Crippen LogP contribution is -2.34. The van der Waals surface area contributed by atoms with Crippen molar-refractivity contribution in [2.75, 3.05) is 6.61 Å². The maximum atomic E-state index is 11.5. The number of aromatic nitrogens is 2. The molecule has 0 bridgehead atoms. The maximum Gasteiger partial charge on any atom is 0.246 e. The highest BCUT2D eigenvalue weighted by Gasteiger charge is 2.15. The number of amides is 1. The van der Waals surface area contributed by atoms with Gasteiger partial charge in [-0.3, -0.25) is 4.79 Å². The standard InChI is InChI=1S/C11H19N3O2/c1-8(10-12-5-6-13-10)14-9(15)7-16-11(2,3)4/h5-6,8H,7H2,1-4H3,(H,12,13)(H,14,15). The number of nitrogens with zero attached hydrogens (tertiary/aromatic N) is 1. The molecular weight excluding hydrogens is 206 g/mol. The fourth-order valence-electron chi connectivity index (χ4n) is 1.15. The fraction of sp³-hybridized carbons (Fsp3) is 0.636. The second-order valence-electron chi connectivity index (χ2n) is 4.66. The Morgan fingerprint density at radius 2 is 2.31 bits per heavy atom. The minimum absolute atomic E-state index is 0.0640. The normalized spacial score (nSPS) is 13.5. The van der Waals surface area contributed by atoms with Gasteiger partial charge in [-0.25, -0.2) is 4.98 Å². The van der Waals surface area contributed by atoms with Gasteiger partial charge in [-0.2, -0.15) is 0 Å². The summed E-state index contributed by atoms with van der Waals surface area (Å²) in [7, 11) is 0. The smallest absolute Gasteiger partial charge is 0.246 e. The average Bonchev–Trinajstić information content (AvgIpc) is 2.66. The van der Waals surface area contributed by atoms with E-state index in [-0.39, 0.29) is 24.2 Å². The zero-order valence-electron chi connectivity index (χ0n) is 10.2. The van der Waals surface area contributed by atoms with Crippen LogP contribution in [0.15, 0.2) is 12.4 Å². The van der Waals surface area contributed by atoms with E-state index in [1.165, 1.54) is 0 Å². The van der Waals surface area contributed by atoms with Crippen LogP contribution in [0.1, 0.15) is 39.6 Å². The molecule has 16 heavy (non-hydrogen) atoms. The van der Waals surface area contributed by atoms with E-state index in [0.29, 0.717) is 0 Å². The summed E-state index contributed by atoms with van der Waals surface area (Å²) in [6.07, 6.45) is 3.38. The van der Waals surface area contributed by atoms with Gasteiger partial charge in [-0.15, -0.1) is 0 Å². The lowest BCUT2D eigenvalue weighted by molar-refractivity contribution is -0.131. The van der Waals surface area contributed by atoms with E-state index in [1.807, 2.05) is 27.7 Å². The summed E-state index contributed by atoms with van der Waals surface area (Å²) in [4.78, 5) is 18.5. The Morgan fingerprint density at radius 1 is 1.62 bits per heavy atom. The van der Waals surface area contributed by atoms with Crippen LogP contribution in [0.4, 0.5) is 0 Å². The minimum atomic E-state index is -0.300. The maximum absolute atomic E-state index is 11.5. The van der Waals surface area contributed by atoms with Crippen LogP contribution < -0.4 is 5.32 Å². The van der Waals surface area contributed by atoms with Crippen LogP contribution in [-0.2, 0) is 9.53 Å². The molecule has 5 nitrogen and oxygen atoms in total. The molecule has 2 N–H and O–H groups in total. The summed E-state index contributed by atoms with van der Waals surface area (Å²) < 4.78 is 5.37. The topological polar surface area (TPSA) is 67.0 Å². The van der Waals surface area contributed by atoms with E-state index in [4.69, 9.17) is 4.74 Å². The summed E-state index contributed by atoms with van der Waals surface area (Å²) in [6, 6.07) is -0.133. The molecule has 1 heterocycles. The van der Waals surface area contributed by atoms with E-state index in [1.54, 1.807) is 12.4 Å². The molecule has 0 aliphatic heterocycles. The van der Waals surface area contributed by atoms with Crippen molar-refractivity contribution < 1.29 is 9.53 Å². The van der Waals surface area contributed by atoms with Crippen LogP contribution in [0, 0.1) is 0 Å². The third-order valence-corrected chi connectivity index (χ3v) is 1.94. The molecule has 0 saturated carbocycles. The molecule has 1 aromatic heterocycles. The van der Waals surface area contributed by atoms with Crippen molar-refractivity contribution >= 4 is 5.91 Å². The van der Waals surface area contributed by atoms with Crippen LogP contribution in [0.2, 0.25) is 0 Å². The van der Waals surface area contributed by atoms with E-state index < -0.39 is 0 Å². The molecule has 0 radical (unpaired) electrons. The van der Waals surface area contributed by atoms with Gasteiger partial charge >= 0.3 is 0 Å². The van der Waals surface area contributed by atoms with Crippen molar-refractivity contribution in [2.24, 2.45) is 0 Å². The van der Waals surface area contributed by atoms with Crippen molar-refractivity contribution in [1.82, 2.24) is 15.3 Å². The van der Waals surface area contributed by atoms with Crippen molar-refractivity contribution in [1.29, 1.82) is 0 Å². The number of aromatic amines is 1. The Balaban J connectivity index is 2.35. The van der Waals surface area contributed by atoms with E-state index in [2.05, 4.69) is 15.3 Å². The Bertz CT molecular complexity index is 327. The van der Waals surface area contributed by atoms with Crippen LogP contribution in [0.25, 0.3) is 0 Å². The second kappa shape index (κ2) is 5.12. The number of nitrogens with one attached hydrogen (secondary N) is 2. The highest BCUT2D eigenvalue weighted by atomic mass is 16.5. The molecule has 0 aliphatic rings. The van der Waals surface area contributed by atoms with Gasteiger partial charge in [-0.05, 0) is 27.7 Å². The van der Waals surface area contributed by atoms with Crippen molar-refractivity contribution in [3.05, 3.63) is 18.2 Å². The van der Waals surface area contributed by atoms with Crippen molar-refractivity contribution in [2.45, 2.75) is 39.3 Å². The highest BCUT2D eigenvalue weighted by Crippen LogP contribution is 2.07. The van der Waals surface area contributed by atoms with Crippen molar-refractivity contribution in [3.8, 4) is 0 Å². The first-order chi connectivity index (χ1) is 7.38. The molecule has 1 unspecified atom stereocenters. The molecule has 0 fully saturated rings. The number of imidazole rings is 1. The largest absolute Gasteiger partial charge is 0.366 e. The molecule has 0 saturated heterocycles. The highest BCUT2D eigenvalue weighted by molar-refractivity contribution is 5.77. The first kappa shape index (κ1) is 12.7. The molecule has 0 aromatic carbocycles. The fourth-order valence-corrected chi connectivity index (χ4v) is 1.15. The van der Waals surface area contributed by atoms with E-state index in [0.717, 1.165) is 5.82 Å². The third kappa shape index (κ3) is 4.44. The summed E-state index contributed by atoms with van der Waals surface area (Å²) >= 11 is 0.